The van der Waals surface area contributed by atoms with E-state index >= 15 is 0 Å². The van der Waals surface area contributed by atoms with Crippen LogP contribution in [0.5, 0.6) is 0 Å². The first-order chi connectivity index (χ1) is 8.99. The van der Waals surface area contributed by atoms with E-state index in [0.717, 1.165) is 11.6 Å². The zero-order valence-corrected chi connectivity index (χ0v) is 10.9. The lowest BCUT2D eigenvalue weighted by Gasteiger charge is -2.09. The van der Waals surface area contributed by atoms with E-state index in [1.54, 1.807) is 0 Å². The van der Waals surface area contributed by atoms with Crippen molar-refractivity contribution in [3.8, 4) is 11.1 Å². The van der Waals surface area contributed by atoms with Gasteiger partial charge in [-0.15, -0.1) is 0 Å². The second-order valence-corrected chi connectivity index (χ2v) is 4.77. The second-order valence-electron chi connectivity index (χ2n) is 4.77. The third-order valence-corrected chi connectivity index (χ3v) is 3.10. The summed E-state index contributed by atoms with van der Waals surface area (Å²) >= 11 is 0. The van der Waals surface area contributed by atoms with Crippen LogP contribution in [0.2, 0.25) is 0 Å². The lowest BCUT2D eigenvalue weighted by Crippen LogP contribution is -2.00. The van der Waals surface area contributed by atoms with Crippen LogP contribution in [-0.2, 0) is 0 Å². The van der Waals surface area contributed by atoms with Crippen molar-refractivity contribution >= 4 is 5.97 Å². The van der Waals surface area contributed by atoms with Crippen molar-refractivity contribution < 1.29 is 14.3 Å². The minimum Gasteiger partial charge on any atom is -0.478 e. The summed E-state index contributed by atoms with van der Waals surface area (Å²) in [5, 5.41) is 9.14. The van der Waals surface area contributed by atoms with E-state index in [2.05, 4.69) is 13.8 Å². The Balaban J connectivity index is 2.51. The van der Waals surface area contributed by atoms with E-state index in [-0.39, 0.29) is 5.56 Å². The predicted octanol–water partition coefficient (Wildman–Crippen LogP) is 4.31. The van der Waals surface area contributed by atoms with Crippen molar-refractivity contribution in [2.75, 3.05) is 0 Å². The smallest absolute Gasteiger partial charge is 0.336 e. The van der Waals surface area contributed by atoms with Gasteiger partial charge in [-0.25, -0.2) is 9.18 Å². The lowest BCUT2D eigenvalue weighted by molar-refractivity contribution is 0.0697. The van der Waals surface area contributed by atoms with Crippen LogP contribution in [0.1, 0.15) is 35.7 Å². The highest BCUT2D eigenvalue weighted by atomic mass is 19.1. The van der Waals surface area contributed by atoms with Gasteiger partial charge < -0.3 is 5.11 Å². The number of rotatable bonds is 3. The largest absolute Gasteiger partial charge is 0.478 e. The van der Waals surface area contributed by atoms with Gasteiger partial charge in [0.1, 0.15) is 5.82 Å². The second kappa shape index (κ2) is 5.22. The van der Waals surface area contributed by atoms with Gasteiger partial charge in [0, 0.05) is 0 Å². The van der Waals surface area contributed by atoms with E-state index in [1.165, 1.54) is 12.1 Å². The van der Waals surface area contributed by atoms with Crippen molar-refractivity contribution in [1.82, 2.24) is 0 Å². The quantitative estimate of drug-likeness (QED) is 0.890. The van der Waals surface area contributed by atoms with Crippen molar-refractivity contribution in [1.29, 1.82) is 0 Å². The average Bonchev–Trinajstić information content (AvgIpc) is 2.38. The van der Waals surface area contributed by atoms with Gasteiger partial charge in [0.15, 0.2) is 0 Å². The van der Waals surface area contributed by atoms with Crippen LogP contribution in [0.25, 0.3) is 11.1 Å². The maximum atomic E-state index is 13.3. The van der Waals surface area contributed by atoms with Crippen LogP contribution < -0.4 is 0 Å². The lowest BCUT2D eigenvalue weighted by atomic mass is 9.96. The maximum absolute atomic E-state index is 13.3. The van der Waals surface area contributed by atoms with E-state index in [9.17, 15) is 9.18 Å². The molecule has 0 unspecified atom stereocenters. The minimum absolute atomic E-state index is 0.110. The summed E-state index contributed by atoms with van der Waals surface area (Å²) in [6.07, 6.45) is 0. The molecule has 0 saturated carbocycles. The number of carboxylic acids is 1. The molecule has 0 heterocycles. The van der Waals surface area contributed by atoms with Crippen LogP contribution in [0, 0.1) is 5.82 Å². The van der Waals surface area contributed by atoms with Crippen LogP contribution in [0.15, 0.2) is 42.5 Å². The van der Waals surface area contributed by atoms with E-state index in [0.29, 0.717) is 17.0 Å². The molecule has 2 aromatic carbocycles. The molecule has 0 spiro atoms. The number of hydrogen-bond donors (Lipinski definition) is 1. The monoisotopic (exact) mass is 258 g/mol. The van der Waals surface area contributed by atoms with Crippen LogP contribution in [-0.4, -0.2) is 11.1 Å². The molecule has 1 N–H and O–H groups in total. The zero-order valence-electron chi connectivity index (χ0n) is 10.9. The molecule has 0 amide bonds. The van der Waals surface area contributed by atoms with Gasteiger partial charge in [-0.1, -0.05) is 38.1 Å². The molecule has 0 aliphatic heterocycles. The number of benzene rings is 2. The Labute approximate surface area is 111 Å². The molecule has 0 radical (unpaired) electrons. The molecule has 0 saturated heterocycles. The standard InChI is InChI=1S/C16H15FO2/c1-10(2)11-3-5-12(6-4-11)15-9-13(17)7-8-14(15)16(18)19/h3-10H,1-2H3,(H,18,19). The molecule has 2 nitrogen and oxygen atoms in total. The van der Waals surface area contributed by atoms with Gasteiger partial charge in [-0.3, -0.25) is 0 Å². The number of carbonyl (C=O) groups is 1. The highest BCUT2D eigenvalue weighted by Crippen LogP contribution is 2.26. The van der Waals surface area contributed by atoms with Gasteiger partial charge in [0.2, 0.25) is 0 Å². The number of aromatic carboxylic acids is 1. The van der Waals surface area contributed by atoms with E-state index in [4.69, 9.17) is 5.11 Å². The Bertz CT molecular complexity index is 601. The van der Waals surface area contributed by atoms with Crippen LogP contribution in [0.4, 0.5) is 4.39 Å². The molecule has 19 heavy (non-hydrogen) atoms. The fourth-order valence-electron chi connectivity index (χ4n) is 1.99. The summed E-state index contributed by atoms with van der Waals surface area (Å²) in [5.41, 5.74) is 2.39. The Morgan fingerprint density at radius 2 is 1.74 bits per heavy atom. The highest BCUT2D eigenvalue weighted by Gasteiger charge is 2.12. The van der Waals surface area contributed by atoms with E-state index < -0.39 is 11.8 Å². The van der Waals surface area contributed by atoms with Crippen molar-refractivity contribution in [3.63, 3.8) is 0 Å². The first-order valence-electron chi connectivity index (χ1n) is 6.12. The molecule has 2 rings (SSSR count). The van der Waals surface area contributed by atoms with Crippen molar-refractivity contribution in [2.24, 2.45) is 0 Å². The van der Waals surface area contributed by atoms with Gasteiger partial charge in [0.25, 0.3) is 0 Å². The van der Waals surface area contributed by atoms with Gasteiger partial charge in [-0.05, 0) is 40.8 Å². The molecule has 0 bridgehead atoms. The fourth-order valence-corrected chi connectivity index (χ4v) is 1.99. The summed E-state index contributed by atoms with van der Waals surface area (Å²) in [7, 11) is 0. The number of carboxylic acid groups (broad SMARTS) is 1. The molecular formula is C16H15FO2. The van der Waals surface area contributed by atoms with Crippen LogP contribution >= 0.6 is 0 Å². The predicted molar refractivity (Wildman–Crippen MR) is 72.9 cm³/mol. The summed E-state index contributed by atoms with van der Waals surface area (Å²) in [5.74, 6) is -1.09. The molecule has 0 atom stereocenters. The highest BCUT2D eigenvalue weighted by molar-refractivity contribution is 5.96. The number of hydrogen-bond acceptors (Lipinski definition) is 1. The zero-order chi connectivity index (χ0) is 14.0. The molecule has 98 valence electrons. The minimum atomic E-state index is -1.05. The Morgan fingerprint density at radius 1 is 1.11 bits per heavy atom. The average molecular weight is 258 g/mol. The normalized spacial score (nSPS) is 10.7. The Kier molecular flexibility index (Phi) is 3.65. The summed E-state index contributed by atoms with van der Waals surface area (Å²) < 4.78 is 13.3. The maximum Gasteiger partial charge on any atom is 0.336 e. The third kappa shape index (κ3) is 2.81. The van der Waals surface area contributed by atoms with Crippen LogP contribution in [0.3, 0.4) is 0 Å². The third-order valence-electron chi connectivity index (χ3n) is 3.10. The molecule has 0 aromatic heterocycles. The first-order valence-corrected chi connectivity index (χ1v) is 6.12. The van der Waals surface area contributed by atoms with Crippen molar-refractivity contribution in [3.05, 3.63) is 59.4 Å². The molecule has 0 aliphatic rings. The Hall–Kier alpha value is -2.16. The molecule has 0 fully saturated rings. The summed E-state index contributed by atoms with van der Waals surface area (Å²) in [6.45, 7) is 4.17. The molecular weight excluding hydrogens is 243 g/mol. The van der Waals surface area contributed by atoms with Gasteiger partial charge in [-0.2, -0.15) is 0 Å². The molecule has 0 aliphatic carbocycles. The Morgan fingerprint density at radius 3 is 2.26 bits per heavy atom. The molecule has 2 aromatic rings. The topological polar surface area (TPSA) is 37.3 Å². The molecule has 3 heteroatoms. The van der Waals surface area contributed by atoms with E-state index in [1.807, 2.05) is 24.3 Å². The fraction of sp³-hybridized carbons (Fsp3) is 0.188. The van der Waals surface area contributed by atoms with Gasteiger partial charge in [0.05, 0.1) is 5.56 Å². The summed E-state index contributed by atoms with van der Waals surface area (Å²) in [4.78, 5) is 11.2. The first kappa shape index (κ1) is 13.3. The summed E-state index contributed by atoms with van der Waals surface area (Å²) in [6, 6.07) is 11.3. The van der Waals surface area contributed by atoms with Gasteiger partial charge >= 0.3 is 5.97 Å². The van der Waals surface area contributed by atoms with Crippen molar-refractivity contribution in [2.45, 2.75) is 19.8 Å². The number of halogens is 1. The SMILES string of the molecule is CC(C)c1ccc(-c2cc(F)ccc2C(=O)O)cc1.